The molecule has 0 saturated carbocycles. The van der Waals surface area contributed by atoms with Crippen molar-refractivity contribution in [3.8, 4) is 0 Å². The van der Waals surface area contributed by atoms with E-state index in [9.17, 15) is 0 Å². The molecule has 0 aromatic heterocycles. The van der Waals surface area contributed by atoms with Crippen LogP contribution in [0.15, 0.2) is 12.3 Å². The van der Waals surface area contributed by atoms with Gasteiger partial charge in [-0.2, -0.15) is 0 Å². The van der Waals surface area contributed by atoms with Crippen LogP contribution in [0, 0.1) is 11.8 Å². The minimum Gasteiger partial charge on any atom is -0.391 e. The van der Waals surface area contributed by atoms with Crippen LogP contribution in [0.5, 0.6) is 0 Å². The molecule has 3 heteroatoms. The van der Waals surface area contributed by atoms with E-state index in [-0.39, 0.29) is 0 Å². The van der Waals surface area contributed by atoms with Crippen molar-refractivity contribution in [1.82, 2.24) is 5.32 Å². The molecule has 0 aliphatic carbocycles. The summed E-state index contributed by atoms with van der Waals surface area (Å²) < 4.78 is 0.313. The third-order valence-corrected chi connectivity index (χ3v) is 3.62. The van der Waals surface area contributed by atoms with Crippen LogP contribution < -0.4 is 11.1 Å². The summed E-state index contributed by atoms with van der Waals surface area (Å²) in [7, 11) is 0. The predicted octanol–water partition coefficient (Wildman–Crippen LogP) is 3.66. The first-order valence-electron chi connectivity index (χ1n) is 6.36. The number of hydrogen-bond acceptors (Lipinski definition) is 2. The molecule has 1 unspecified atom stereocenters. The van der Waals surface area contributed by atoms with Crippen molar-refractivity contribution in [2.75, 3.05) is 6.54 Å². The van der Waals surface area contributed by atoms with Gasteiger partial charge in [-0.15, -0.1) is 0 Å². The summed E-state index contributed by atoms with van der Waals surface area (Å²) >= 11 is 2.31. The van der Waals surface area contributed by atoms with Gasteiger partial charge in [0.25, 0.3) is 0 Å². The van der Waals surface area contributed by atoms with E-state index in [0.29, 0.717) is 4.05 Å². The summed E-state index contributed by atoms with van der Waals surface area (Å²) in [6, 6.07) is 0. The van der Waals surface area contributed by atoms with Crippen molar-refractivity contribution < 1.29 is 0 Å². The largest absolute Gasteiger partial charge is 0.391 e. The van der Waals surface area contributed by atoms with Crippen LogP contribution in [0.1, 0.15) is 46.5 Å². The molecule has 2 nitrogen and oxygen atoms in total. The highest BCUT2D eigenvalue weighted by atomic mass is 127. The summed E-state index contributed by atoms with van der Waals surface area (Å²) in [6.45, 7) is 7.72. The van der Waals surface area contributed by atoms with Gasteiger partial charge in [-0.25, -0.2) is 0 Å². The van der Waals surface area contributed by atoms with E-state index in [4.69, 9.17) is 5.73 Å². The standard InChI is InChI=1S/C13H27IN2/c1-4-6-12(7-8-13(14)15)11(3)10-16-9-5-2/h5,9,11-13,16H,4,6-8,10,15H2,1-3H3/b9-5+/t11-,12?,13+/m0/s1. The van der Waals surface area contributed by atoms with Crippen molar-refractivity contribution in [3.63, 3.8) is 0 Å². The molecule has 0 aromatic rings. The molecular weight excluding hydrogens is 311 g/mol. The van der Waals surface area contributed by atoms with Crippen molar-refractivity contribution in [2.45, 2.75) is 50.5 Å². The summed E-state index contributed by atoms with van der Waals surface area (Å²) in [5, 5.41) is 3.35. The lowest BCUT2D eigenvalue weighted by molar-refractivity contribution is 0.303. The van der Waals surface area contributed by atoms with Crippen molar-refractivity contribution in [2.24, 2.45) is 17.6 Å². The number of allylic oxidation sites excluding steroid dienone is 1. The summed E-state index contributed by atoms with van der Waals surface area (Å²) in [5.74, 6) is 1.54. The highest BCUT2D eigenvalue weighted by molar-refractivity contribution is 14.1. The molecule has 0 amide bonds. The molecule has 0 aliphatic rings. The number of nitrogens with two attached hydrogens (primary N) is 1. The molecule has 0 aliphatic heterocycles. The van der Waals surface area contributed by atoms with Crippen LogP contribution in [0.2, 0.25) is 0 Å². The zero-order valence-electron chi connectivity index (χ0n) is 10.9. The maximum atomic E-state index is 5.82. The molecule has 0 radical (unpaired) electrons. The molecule has 0 fully saturated rings. The maximum Gasteiger partial charge on any atom is 0.0568 e. The van der Waals surface area contributed by atoms with E-state index in [0.717, 1.165) is 24.8 Å². The van der Waals surface area contributed by atoms with Gasteiger partial charge in [0.1, 0.15) is 0 Å². The second-order valence-electron chi connectivity index (χ2n) is 4.53. The average Bonchev–Trinajstić information content (AvgIpc) is 2.24. The van der Waals surface area contributed by atoms with E-state index in [2.05, 4.69) is 41.8 Å². The highest BCUT2D eigenvalue weighted by Gasteiger charge is 2.16. The van der Waals surface area contributed by atoms with Gasteiger partial charge in [0, 0.05) is 6.54 Å². The number of hydrogen-bond donors (Lipinski definition) is 2. The monoisotopic (exact) mass is 338 g/mol. The molecule has 0 rings (SSSR count). The molecule has 3 atom stereocenters. The van der Waals surface area contributed by atoms with E-state index < -0.39 is 0 Å². The SMILES string of the molecule is C/C=C/NC[C@H](C)C(CCC)CC[C@@H](N)I. The van der Waals surface area contributed by atoms with E-state index >= 15 is 0 Å². The van der Waals surface area contributed by atoms with Crippen LogP contribution in [0.4, 0.5) is 0 Å². The van der Waals surface area contributed by atoms with Crippen molar-refractivity contribution in [1.29, 1.82) is 0 Å². The molecular formula is C13H27IN2. The fraction of sp³-hybridized carbons (Fsp3) is 0.846. The summed E-state index contributed by atoms with van der Waals surface area (Å²) in [5.41, 5.74) is 5.82. The maximum absolute atomic E-state index is 5.82. The Kier molecular flexibility index (Phi) is 10.5. The van der Waals surface area contributed by atoms with Crippen LogP contribution in [-0.2, 0) is 0 Å². The normalized spacial score (nSPS) is 17.3. The number of rotatable bonds is 9. The quantitative estimate of drug-likeness (QED) is 0.382. The topological polar surface area (TPSA) is 38.0 Å². The van der Waals surface area contributed by atoms with Gasteiger partial charge in [0.15, 0.2) is 0 Å². The van der Waals surface area contributed by atoms with E-state index in [1.54, 1.807) is 0 Å². The third-order valence-electron chi connectivity index (χ3n) is 3.00. The lowest BCUT2D eigenvalue weighted by Gasteiger charge is -2.24. The van der Waals surface area contributed by atoms with Gasteiger partial charge in [0.05, 0.1) is 4.05 Å². The van der Waals surface area contributed by atoms with Crippen molar-refractivity contribution >= 4 is 22.6 Å². The van der Waals surface area contributed by atoms with Gasteiger partial charge in [0.2, 0.25) is 0 Å². The van der Waals surface area contributed by atoms with Gasteiger partial charge < -0.3 is 11.1 Å². The Hall–Kier alpha value is 0.230. The second-order valence-corrected chi connectivity index (χ2v) is 6.13. The van der Waals surface area contributed by atoms with Crippen molar-refractivity contribution in [3.05, 3.63) is 12.3 Å². The Morgan fingerprint density at radius 1 is 1.31 bits per heavy atom. The minimum absolute atomic E-state index is 0.313. The van der Waals surface area contributed by atoms with E-state index in [1.807, 2.05) is 19.2 Å². The highest BCUT2D eigenvalue weighted by Crippen LogP contribution is 2.23. The average molecular weight is 338 g/mol. The van der Waals surface area contributed by atoms with Crippen LogP contribution in [-0.4, -0.2) is 10.6 Å². The van der Waals surface area contributed by atoms with Crippen LogP contribution in [0.3, 0.4) is 0 Å². The van der Waals surface area contributed by atoms with Gasteiger partial charge in [-0.1, -0.05) is 55.4 Å². The minimum atomic E-state index is 0.313. The third kappa shape index (κ3) is 8.39. The molecule has 96 valence electrons. The predicted molar refractivity (Wildman–Crippen MR) is 81.6 cm³/mol. The van der Waals surface area contributed by atoms with Crippen LogP contribution >= 0.6 is 22.6 Å². The summed E-state index contributed by atoms with van der Waals surface area (Å²) in [4.78, 5) is 0. The Balaban J connectivity index is 3.96. The van der Waals surface area contributed by atoms with Gasteiger partial charge in [-0.3, -0.25) is 0 Å². The first-order valence-corrected chi connectivity index (χ1v) is 7.60. The molecule has 0 spiro atoms. The number of alkyl halides is 1. The fourth-order valence-corrected chi connectivity index (χ4v) is 2.36. The molecule has 0 bridgehead atoms. The first-order chi connectivity index (χ1) is 7.61. The number of nitrogens with one attached hydrogen (secondary N) is 1. The zero-order valence-corrected chi connectivity index (χ0v) is 13.0. The van der Waals surface area contributed by atoms with Crippen LogP contribution in [0.25, 0.3) is 0 Å². The second kappa shape index (κ2) is 10.4. The Morgan fingerprint density at radius 2 is 2.00 bits per heavy atom. The Bertz CT molecular complexity index is 181. The molecule has 3 N–H and O–H groups in total. The zero-order chi connectivity index (χ0) is 12.4. The number of halogens is 1. The van der Waals surface area contributed by atoms with Gasteiger partial charge >= 0.3 is 0 Å². The molecule has 0 heterocycles. The van der Waals surface area contributed by atoms with Gasteiger partial charge in [-0.05, 0) is 37.8 Å². The lowest BCUT2D eigenvalue weighted by Crippen LogP contribution is -2.24. The molecule has 16 heavy (non-hydrogen) atoms. The smallest absolute Gasteiger partial charge is 0.0568 e. The fourth-order valence-electron chi connectivity index (χ4n) is 2.00. The lowest BCUT2D eigenvalue weighted by atomic mass is 9.86. The summed E-state index contributed by atoms with van der Waals surface area (Å²) in [6.07, 6.45) is 9.07. The Labute approximate surface area is 115 Å². The molecule has 0 saturated heterocycles. The first kappa shape index (κ1) is 16.2. The molecule has 0 aromatic carbocycles. The van der Waals surface area contributed by atoms with E-state index in [1.165, 1.54) is 19.3 Å². The Morgan fingerprint density at radius 3 is 2.50 bits per heavy atom.